The molecule has 4 rings (SSSR count). The topological polar surface area (TPSA) is 89.0 Å². The van der Waals surface area contributed by atoms with Crippen molar-refractivity contribution in [1.82, 2.24) is 9.88 Å². The van der Waals surface area contributed by atoms with Crippen molar-refractivity contribution in [1.29, 1.82) is 0 Å². The number of aromatic nitrogens is 1. The SMILES string of the molecule is CCCOc1ccc(/C(O)=C2/C(=O)C(=O)N(Cc3ccccn3)C2c2cccc(OC)c2)cc1. The summed E-state index contributed by atoms with van der Waals surface area (Å²) in [5, 5.41) is 11.2. The van der Waals surface area contributed by atoms with Crippen molar-refractivity contribution in [2.24, 2.45) is 0 Å². The molecule has 2 heterocycles. The Morgan fingerprint density at radius 2 is 1.82 bits per heavy atom. The minimum Gasteiger partial charge on any atom is -0.507 e. The number of aliphatic hydroxyl groups is 1. The standard InChI is InChI=1S/C27H26N2O5/c1-3-15-34-21-12-10-18(11-13-21)25(30)23-24(19-7-6-9-22(16-19)33-2)29(27(32)26(23)31)17-20-8-4-5-14-28-20/h4-14,16,24,30H,3,15,17H2,1-2H3/b25-23-. The van der Waals surface area contributed by atoms with Crippen molar-refractivity contribution in [3.63, 3.8) is 0 Å². The Balaban J connectivity index is 1.80. The Kier molecular flexibility index (Phi) is 6.92. The molecule has 0 saturated carbocycles. The lowest BCUT2D eigenvalue weighted by molar-refractivity contribution is -0.140. The summed E-state index contributed by atoms with van der Waals surface area (Å²) in [6.07, 6.45) is 2.51. The number of methoxy groups -OCH3 is 1. The van der Waals surface area contributed by atoms with Gasteiger partial charge in [-0.3, -0.25) is 14.6 Å². The second-order valence-corrected chi connectivity index (χ2v) is 7.90. The molecule has 1 fully saturated rings. The van der Waals surface area contributed by atoms with E-state index in [1.807, 2.05) is 13.0 Å². The number of hydrogen-bond donors (Lipinski definition) is 1. The number of nitrogens with zero attached hydrogens (tertiary/aromatic N) is 2. The molecule has 1 aliphatic heterocycles. The molecule has 2 aromatic carbocycles. The summed E-state index contributed by atoms with van der Waals surface area (Å²) in [5.74, 6) is -0.427. The van der Waals surface area contributed by atoms with E-state index in [2.05, 4.69) is 4.98 Å². The molecule has 7 heteroatoms. The summed E-state index contributed by atoms with van der Waals surface area (Å²) in [4.78, 5) is 32.0. The van der Waals surface area contributed by atoms with Crippen LogP contribution in [-0.4, -0.2) is 40.4 Å². The molecule has 1 unspecified atom stereocenters. The Hall–Kier alpha value is -4.13. The fourth-order valence-electron chi connectivity index (χ4n) is 3.95. The van der Waals surface area contributed by atoms with Gasteiger partial charge in [0.25, 0.3) is 11.7 Å². The number of carbonyl (C=O) groups excluding carboxylic acids is 2. The van der Waals surface area contributed by atoms with Gasteiger partial charge in [0, 0.05) is 11.8 Å². The van der Waals surface area contributed by atoms with Gasteiger partial charge in [0.2, 0.25) is 0 Å². The van der Waals surface area contributed by atoms with Crippen LogP contribution in [0.5, 0.6) is 11.5 Å². The number of aliphatic hydroxyl groups excluding tert-OH is 1. The molecule has 174 valence electrons. The second kappa shape index (κ2) is 10.2. The monoisotopic (exact) mass is 458 g/mol. The molecule has 7 nitrogen and oxygen atoms in total. The van der Waals surface area contributed by atoms with E-state index >= 15 is 0 Å². The quantitative estimate of drug-likeness (QED) is 0.304. The minimum absolute atomic E-state index is 0.0245. The van der Waals surface area contributed by atoms with E-state index in [9.17, 15) is 14.7 Å². The first-order chi connectivity index (χ1) is 16.5. The van der Waals surface area contributed by atoms with Crippen molar-refractivity contribution < 1.29 is 24.2 Å². The molecule has 0 spiro atoms. The summed E-state index contributed by atoms with van der Waals surface area (Å²) in [5.41, 5.74) is 1.73. The Morgan fingerprint density at radius 1 is 1.03 bits per heavy atom. The maximum absolute atomic E-state index is 13.2. The molecule has 0 aliphatic carbocycles. The van der Waals surface area contributed by atoms with Gasteiger partial charge in [-0.15, -0.1) is 0 Å². The van der Waals surface area contributed by atoms with Gasteiger partial charge in [0.15, 0.2) is 0 Å². The van der Waals surface area contributed by atoms with E-state index in [4.69, 9.17) is 9.47 Å². The van der Waals surface area contributed by atoms with Crippen LogP contribution in [0.25, 0.3) is 5.76 Å². The van der Waals surface area contributed by atoms with Gasteiger partial charge >= 0.3 is 0 Å². The zero-order valence-electron chi connectivity index (χ0n) is 19.1. The number of likely N-dealkylation sites (tertiary alicyclic amines) is 1. The zero-order valence-corrected chi connectivity index (χ0v) is 19.1. The van der Waals surface area contributed by atoms with E-state index in [0.29, 0.717) is 34.9 Å². The first-order valence-electron chi connectivity index (χ1n) is 11.1. The van der Waals surface area contributed by atoms with Crippen LogP contribution in [0.15, 0.2) is 78.5 Å². The molecule has 1 aromatic heterocycles. The van der Waals surface area contributed by atoms with Gasteiger partial charge in [-0.1, -0.05) is 25.1 Å². The van der Waals surface area contributed by atoms with Crippen LogP contribution in [-0.2, 0) is 16.1 Å². The van der Waals surface area contributed by atoms with E-state index in [1.165, 1.54) is 4.90 Å². The smallest absolute Gasteiger partial charge is 0.296 e. The molecule has 0 radical (unpaired) electrons. The molecule has 1 N–H and O–H groups in total. The third kappa shape index (κ3) is 4.64. The molecular formula is C27H26N2O5. The summed E-state index contributed by atoms with van der Waals surface area (Å²) < 4.78 is 11.0. The van der Waals surface area contributed by atoms with Crippen LogP contribution in [0.2, 0.25) is 0 Å². The highest BCUT2D eigenvalue weighted by atomic mass is 16.5. The molecule has 34 heavy (non-hydrogen) atoms. The molecule has 1 saturated heterocycles. The molecule has 0 bridgehead atoms. The van der Waals surface area contributed by atoms with Crippen molar-refractivity contribution >= 4 is 17.4 Å². The lowest BCUT2D eigenvalue weighted by Crippen LogP contribution is -2.29. The van der Waals surface area contributed by atoms with Crippen molar-refractivity contribution in [3.8, 4) is 11.5 Å². The van der Waals surface area contributed by atoms with Gasteiger partial charge in [-0.25, -0.2) is 0 Å². The largest absolute Gasteiger partial charge is 0.507 e. The Labute approximate surface area is 198 Å². The highest BCUT2D eigenvalue weighted by Gasteiger charge is 2.46. The van der Waals surface area contributed by atoms with Gasteiger partial charge in [-0.2, -0.15) is 0 Å². The fourth-order valence-corrected chi connectivity index (χ4v) is 3.95. The summed E-state index contributed by atoms with van der Waals surface area (Å²) in [6.45, 7) is 2.72. The predicted molar refractivity (Wildman–Crippen MR) is 127 cm³/mol. The Bertz CT molecular complexity index is 1210. The number of carbonyl (C=O) groups is 2. The normalized spacial score (nSPS) is 17.1. The van der Waals surface area contributed by atoms with Crippen molar-refractivity contribution in [3.05, 3.63) is 95.3 Å². The number of Topliss-reactive ketones (excluding diaryl/α,β-unsaturated/α-hetero) is 1. The average molecular weight is 459 g/mol. The number of ether oxygens (including phenoxy) is 2. The maximum atomic E-state index is 13.2. The second-order valence-electron chi connectivity index (χ2n) is 7.90. The minimum atomic E-state index is -0.798. The number of pyridine rings is 1. The first-order valence-corrected chi connectivity index (χ1v) is 11.1. The highest BCUT2D eigenvalue weighted by molar-refractivity contribution is 6.46. The van der Waals surface area contributed by atoms with Crippen LogP contribution >= 0.6 is 0 Å². The number of benzene rings is 2. The van der Waals surface area contributed by atoms with Crippen molar-refractivity contribution in [2.45, 2.75) is 25.9 Å². The molecule has 1 amide bonds. The fraction of sp³-hybridized carbons (Fsp3) is 0.222. The maximum Gasteiger partial charge on any atom is 0.296 e. The lowest BCUT2D eigenvalue weighted by Gasteiger charge is -2.25. The highest BCUT2D eigenvalue weighted by Crippen LogP contribution is 2.41. The third-order valence-electron chi connectivity index (χ3n) is 5.61. The molecular weight excluding hydrogens is 432 g/mol. The lowest BCUT2D eigenvalue weighted by atomic mass is 9.95. The van der Waals surface area contributed by atoms with Crippen LogP contribution < -0.4 is 9.47 Å². The van der Waals surface area contributed by atoms with Crippen LogP contribution in [0.4, 0.5) is 0 Å². The van der Waals surface area contributed by atoms with Gasteiger partial charge in [0.05, 0.1) is 37.6 Å². The molecule has 1 atom stereocenters. The first kappa shape index (κ1) is 23.0. The van der Waals surface area contributed by atoms with E-state index in [1.54, 1.807) is 74.0 Å². The average Bonchev–Trinajstić information content (AvgIpc) is 3.13. The number of ketones is 1. The van der Waals surface area contributed by atoms with E-state index in [-0.39, 0.29) is 17.9 Å². The van der Waals surface area contributed by atoms with Gasteiger partial charge in [0.1, 0.15) is 17.3 Å². The number of rotatable bonds is 8. The summed E-state index contributed by atoms with van der Waals surface area (Å²) >= 11 is 0. The molecule has 1 aliphatic rings. The zero-order chi connectivity index (χ0) is 24.1. The Morgan fingerprint density at radius 3 is 2.50 bits per heavy atom. The van der Waals surface area contributed by atoms with Crippen LogP contribution in [0.1, 0.15) is 36.2 Å². The van der Waals surface area contributed by atoms with E-state index in [0.717, 1.165) is 6.42 Å². The molecule has 3 aromatic rings. The van der Waals surface area contributed by atoms with Gasteiger partial charge in [-0.05, 0) is 60.5 Å². The van der Waals surface area contributed by atoms with Crippen LogP contribution in [0.3, 0.4) is 0 Å². The summed E-state index contributed by atoms with van der Waals surface area (Å²) in [7, 11) is 1.55. The van der Waals surface area contributed by atoms with E-state index < -0.39 is 17.7 Å². The number of amides is 1. The predicted octanol–water partition coefficient (Wildman–Crippen LogP) is 4.50. The van der Waals surface area contributed by atoms with Crippen molar-refractivity contribution in [2.75, 3.05) is 13.7 Å². The number of hydrogen-bond acceptors (Lipinski definition) is 6. The van der Waals surface area contributed by atoms with Crippen LogP contribution in [0, 0.1) is 0 Å². The summed E-state index contributed by atoms with van der Waals surface area (Å²) in [6, 6.07) is 18.5. The third-order valence-corrected chi connectivity index (χ3v) is 5.61. The van der Waals surface area contributed by atoms with Gasteiger partial charge < -0.3 is 19.5 Å².